The molecule has 2 aromatic carbocycles. The highest BCUT2D eigenvalue weighted by Gasteiger charge is 2.32. The second kappa shape index (κ2) is 5.30. The van der Waals surface area contributed by atoms with Crippen LogP contribution in [0.5, 0.6) is 5.75 Å². The predicted molar refractivity (Wildman–Crippen MR) is 83.8 cm³/mol. The zero-order valence-electron chi connectivity index (χ0n) is 11.5. The fourth-order valence-electron chi connectivity index (χ4n) is 2.45. The quantitative estimate of drug-likeness (QED) is 0.868. The Bertz CT molecular complexity index is 702. The number of nitrogens with two attached hydrogens (primary N) is 1. The van der Waals surface area contributed by atoms with Crippen molar-refractivity contribution >= 4 is 28.9 Å². The SMILES string of the molecule is CN1C(=O)C(Cc2cccc(Cl)c2)Oc2cc(N)ccc21. The monoisotopic (exact) mass is 302 g/mol. The van der Waals surface area contributed by atoms with Crippen LogP contribution in [-0.4, -0.2) is 19.1 Å². The van der Waals surface area contributed by atoms with Gasteiger partial charge in [0, 0.05) is 30.2 Å². The number of fused-ring (bicyclic) bond motifs is 1. The van der Waals surface area contributed by atoms with Crippen molar-refractivity contribution in [3.8, 4) is 5.75 Å². The van der Waals surface area contributed by atoms with E-state index in [0.29, 0.717) is 22.9 Å². The Balaban J connectivity index is 1.89. The molecule has 3 rings (SSSR count). The zero-order chi connectivity index (χ0) is 15.0. The molecule has 0 aliphatic carbocycles. The Morgan fingerprint density at radius 3 is 2.86 bits per heavy atom. The lowest BCUT2D eigenvalue weighted by atomic mass is 10.0. The van der Waals surface area contributed by atoms with Gasteiger partial charge in [-0.1, -0.05) is 23.7 Å². The van der Waals surface area contributed by atoms with Gasteiger partial charge in [-0.15, -0.1) is 0 Å². The summed E-state index contributed by atoms with van der Waals surface area (Å²) in [6.45, 7) is 0. The smallest absolute Gasteiger partial charge is 0.268 e. The number of anilines is 2. The van der Waals surface area contributed by atoms with Gasteiger partial charge in [-0.05, 0) is 29.8 Å². The molecule has 2 aromatic rings. The van der Waals surface area contributed by atoms with Crippen molar-refractivity contribution in [1.82, 2.24) is 0 Å². The summed E-state index contributed by atoms with van der Waals surface area (Å²) >= 11 is 5.98. The van der Waals surface area contributed by atoms with Gasteiger partial charge in [0.05, 0.1) is 5.69 Å². The van der Waals surface area contributed by atoms with Crippen molar-refractivity contribution in [3.63, 3.8) is 0 Å². The molecule has 0 fully saturated rings. The number of amides is 1. The largest absolute Gasteiger partial charge is 0.478 e. The molecule has 0 radical (unpaired) electrons. The summed E-state index contributed by atoms with van der Waals surface area (Å²) in [4.78, 5) is 14.0. The molecule has 21 heavy (non-hydrogen) atoms. The maximum absolute atomic E-state index is 12.4. The first-order valence-electron chi connectivity index (χ1n) is 6.63. The number of ether oxygens (including phenoxy) is 1. The van der Waals surface area contributed by atoms with Crippen LogP contribution in [0.3, 0.4) is 0 Å². The van der Waals surface area contributed by atoms with E-state index in [0.717, 1.165) is 11.3 Å². The number of benzene rings is 2. The third-order valence-corrected chi connectivity index (χ3v) is 3.77. The van der Waals surface area contributed by atoms with Crippen molar-refractivity contribution in [2.45, 2.75) is 12.5 Å². The lowest BCUT2D eigenvalue weighted by molar-refractivity contribution is -0.125. The predicted octanol–water partition coefficient (Wildman–Crippen LogP) is 2.89. The van der Waals surface area contributed by atoms with E-state index in [1.165, 1.54) is 0 Å². The molecule has 5 heteroatoms. The van der Waals surface area contributed by atoms with Crippen LogP contribution < -0.4 is 15.4 Å². The highest BCUT2D eigenvalue weighted by molar-refractivity contribution is 6.30. The van der Waals surface area contributed by atoms with Gasteiger partial charge in [-0.25, -0.2) is 0 Å². The van der Waals surface area contributed by atoms with Crippen molar-refractivity contribution in [2.75, 3.05) is 17.7 Å². The van der Waals surface area contributed by atoms with Gasteiger partial charge in [-0.2, -0.15) is 0 Å². The van der Waals surface area contributed by atoms with Crippen LogP contribution in [0, 0.1) is 0 Å². The summed E-state index contributed by atoms with van der Waals surface area (Å²) in [6, 6.07) is 12.7. The minimum Gasteiger partial charge on any atom is -0.478 e. The van der Waals surface area contributed by atoms with Crippen LogP contribution >= 0.6 is 11.6 Å². The Morgan fingerprint density at radius 1 is 1.29 bits per heavy atom. The fourth-order valence-corrected chi connectivity index (χ4v) is 2.66. The van der Waals surface area contributed by atoms with Gasteiger partial charge < -0.3 is 15.4 Å². The van der Waals surface area contributed by atoms with E-state index >= 15 is 0 Å². The molecule has 4 nitrogen and oxygen atoms in total. The van der Waals surface area contributed by atoms with Gasteiger partial charge >= 0.3 is 0 Å². The first-order valence-corrected chi connectivity index (χ1v) is 7.00. The summed E-state index contributed by atoms with van der Waals surface area (Å²) in [5.74, 6) is 0.552. The fraction of sp³-hybridized carbons (Fsp3) is 0.188. The number of halogens is 1. The van der Waals surface area contributed by atoms with Crippen LogP contribution in [0.2, 0.25) is 5.02 Å². The standard InChI is InChI=1S/C16H15ClN2O2/c1-19-13-6-5-12(18)9-14(13)21-15(16(19)20)8-10-3-2-4-11(17)7-10/h2-7,9,15H,8,18H2,1H3. The Labute approximate surface area is 128 Å². The minimum atomic E-state index is -0.567. The number of hydrogen-bond donors (Lipinski definition) is 1. The van der Waals surface area contributed by atoms with E-state index in [4.69, 9.17) is 22.1 Å². The Morgan fingerprint density at radius 2 is 2.10 bits per heavy atom. The molecular formula is C16H15ClN2O2. The van der Waals surface area contributed by atoms with E-state index in [-0.39, 0.29) is 5.91 Å². The molecule has 1 atom stereocenters. The third kappa shape index (κ3) is 2.67. The van der Waals surface area contributed by atoms with Crippen LogP contribution in [0.25, 0.3) is 0 Å². The number of hydrogen-bond acceptors (Lipinski definition) is 3. The summed E-state index contributed by atoms with van der Waals surface area (Å²) < 4.78 is 5.82. The topological polar surface area (TPSA) is 55.6 Å². The van der Waals surface area contributed by atoms with Gasteiger partial charge in [0.1, 0.15) is 5.75 Å². The molecule has 2 N–H and O–H groups in total. The summed E-state index contributed by atoms with van der Waals surface area (Å²) in [5, 5.41) is 0.647. The molecular weight excluding hydrogens is 288 g/mol. The second-order valence-electron chi connectivity index (χ2n) is 5.06. The van der Waals surface area contributed by atoms with Gasteiger partial charge in [0.25, 0.3) is 5.91 Å². The average molecular weight is 303 g/mol. The summed E-state index contributed by atoms with van der Waals surface area (Å²) in [6.07, 6.45) is -0.0967. The maximum atomic E-state index is 12.4. The molecule has 108 valence electrons. The number of nitrogen functional groups attached to an aromatic ring is 1. The molecule has 0 saturated heterocycles. The van der Waals surface area contributed by atoms with E-state index < -0.39 is 6.10 Å². The number of nitrogens with zero attached hydrogens (tertiary/aromatic N) is 1. The van der Waals surface area contributed by atoms with Crippen molar-refractivity contribution in [2.24, 2.45) is 0 Å². The Hall–Kier alpha value is -2.20. The van der Waals surface area contributed by atoms with Crippen LogP contribution in [-0.2, 0) is 11.2 Å². The van der Waals surface area contributed by atoms with Crippen molar-refractivity contribution < 1.29 is 9.53 Å². The lowest BCUT2D eigenvalue weighted by Gasteiger charge is -2.32. The maximum Gasteiger partial charge on any atom is 0.268 e. The molecule has 1 aliphatic rings. The zero-order valence-corrected chi connectivity index (χ0v) is 12.3. The molecule has 0 aromatic heterocycles. The van der Waals surface area contributed by atoms with Gasteiger partial charge in [-0.3, -0.25) is 4.79 Å². The molecule has 0 spiro atoms. The normalized spacial score (nSPS) is 17.3. The van der Waals surface area contributed by atoms with E-state index in [9.17, 15) is 4.79 Å². The summed E-state index contributed by atoms with van der Waals surface area (Å²) in [5.41, 5.74) is 8.08. The Kier molecular flexibility index (Phi) is 3.47. The van der Waals surface area contributed by atoms with E-state index in [2.05, 4.69) is 0 Å². The second-order valence-corrected chi connectivity index (χ2v) is 5.50. The first-order chi connectivity index (χ1) is 10.0. The molecule has 1 heterocycles. The van der Waals surface area contributed by atoms with Crippen LogP contribution in [0.1, 0.15) is 5.56 Å². The van der Waals surface area contributed by atoms with Gasteiger partial charge in [0.15, 0.2) is 6.10 Å². The van der Waals surface area contributed by atoms with Crippen LogP contribution in [0.4, 0.5) is 11.4 Å². The van der Waals surface area contributed by atoms with Crippen molar-refractivity contribution in [1.29, 1.82) is 0 Å². The highest BCUT2D eigenvalue weighted by Crippen LogP contribution is 2.35. The van der Waals surface area contributed by atoms with Crippen molar-refractivity contribution in [3.05, 3.63) is 53.1 Å². The molecule has 1 amide bonds. The molecule has 0 saturated carbocycles. The minimum absolute atomic E-state index is 0.0766. The third-order valence-electron chi connectivity index (χ3n) is 3.53. The summed E-state index contributed by atoms with van der Waals surface area (Å²) in [7, 11) is 1.74. The average Bonchev–Trinajstić information content (AvgIpc) is 2.44. The number of carbonyl (C=O) groups is 1. The number of carbonyl (C=O) groups excluding carboxylic acids is 1. The lowest BCUT2D eigenvalue weighted by Crippen LogP contribution is -2.44. The molecule has 1 unspecified atom stereocenters. The highest BCUT2D eigenvalue weighted by atomic mass is 35.5. The van der Waals surface area contributed by atoms with Gasteiger partial charge in [0.2, 0.25) is 0 Å². The number of likely N-dealkylation sites (N-methyl/N-ethyl adjacent to an activating group) is 1. The number of rotatable bonds is 2. The first kappa shape index (κ1) is 13.8. The van der Waals surface area contributed by atoms with E-state index in [1.807, 2.05) is 18.2 Å². The van der Waals surface area contributed by atoms with Crippen LogP contribution in [0.15, 0.2) is 42.5 Å². The van der Waals surface area contributed by atoms with E-state index in [1.54, 1.807) is 36.2 Å². The molecule has 0 bridgehead atoms. The molecule has 1 aliphatic heterocycles.